The molecule has 192 valence electrons. The van der Waals surface area contributed by atoms with E-state index in [1.165, 1.54) is 29.8 Å². The van der Waals surface area contributed by atoms with Gasteiger partial charge in [0.05, 0.1) is 34.3 Å². The smallest absolute Gasteiger partial charge is 0.342 e. The molecule has 38 heavy (non-hydrogen) atoms. The Balaban J connectivity index is 0.000000366. The van der Waals surface area contributed by atoms with E-state index < -0.39 is 11.8 Å². The number of aliphatic hydroxyl groups is 1. The second-order valence-electron chi connectivity index (χ2n) is 8.09. The van der Waals surface area contributed by atoms with Crippen LogP contribution in [0, 0.1) is 0 Å². The van der Waals surface area contributed by atoms with Crippen molar-refractivity contribution >= 4 is 74.9 Å². The molecule has 11 heteroatoms. The largest absolute Gasteiger partial charge is 0.495 e. The summed E-state index contributed by atoms with van der Waals surface area (Å²) >= 11 is 10.4. The standard InChI is InChI=1S/C22H15ClN2O4S2.C5H4OS/c1-28-19-7-5-13(10-16(19)23)22(27)15(11-14-3-2-8-30-14)20(21(26)29-22)12-4-6-17-18(9-12)25-31-24-17;6-4-5-2-1-3-7-5/h2-10,27H,11H2,1H3;1-4H. The van der Waals surface area contributed by atoms with Crippen molar-refractivity contribution in [3.05, 3.63) is 103 Å². The van der Waals surface area contributed by atoms with Crippen LogP contribution in [0.2, 0.25) is 5.02 Å². The first kappa shape index (κ1) is 26.2. The lowest BCUT2D eigenvalue weighted by molar-refractivity contribution is -0.185. The SMILES string of the molecule is COc1ccc(C2(O)OC(=O)C(c3ccc4nsnc4c3)=C2Cc2cccs2)cc1Cl.O=Cc1cccs1. The fraction of sp³-hybridized carbons (Fsp3) is 0.111. The predicted molar refractivity (Wildman–Crippen MR) is 150 cm³/mol. The van der Waals surface area contributed by atoms with E-state index in [0.717, 1.165) is 33.3 Å². The molecule has 0 radical (unpaired) electrons. The highest BCUT2D eigenvalue weighted by atomic mass is 35.5. The number of carbonyl (C=O) groups is 2. The summed E-state index contributed by atoms with van der Waals surface area (Å²) in [5.41, 5.74) is 3.16. The third kappa shape index (κ3) is 5.13. The molecule has 1 N–H and O–H groups in total. The Morgan fingerprint density at radius 3 is 2.50 bits per heavy atom. The highest BCUT2D eigenvalue weighted by molar-refractivity contribution is 7.11. The Morgan fingerprint density at radius 1 is 1.05 bits per heavy atom. The van der Waals surface area contributed by atoms with E-state index in [1.54, 1.807) is 42.5 Å². The van der Waals surface area contributed by atoms with Crippen molar-refractivity contribution in [1.82, 2.24) is 8.75 Å². The van der Waals surface area contributed by atoms with Gasteiger partial charge in [0.15, 0.2) is 6.29 Å². The number of halogens is 1. The molecular weight excluding hydrogens is 564 g/mol. The van der Waals surface area contributed by atoms with Crippen LogP contribution < -0.4 is 4.74 Å². The van der Waals surface area contributed by atoms with Gasteiger partial charge >= 0.3 is 5.97 Å². The summed E-state index contributed by atoms with van der Waals surface area (Å²) in [5.74, 6) is -2.10. The molecule has 0 fully saturated rings. The molecule has 1 atom stereocenters. The third-order valence-electron chi connectivity index (χ3n) is 5.83. The van der Waals surface area contributed by atoms with Crippen LogP contribution in [0.3, 0.4) is 0 Å². The highest BCUT2D eigenvalue weighted by Crippen LogP contribution is 2.46. The lowest BCUT2D eigenvalue weighted by Gasteiger charge is -2.26. The van der Waals surface area contributed by atoms with Crippen LogP contribution in [0.5, 0.6) is 5.75 Å². The molecule has 7 nitrogen and oxygen atoms in total. The first-order valence-electron chi connectivity index (χ1n) is 11.2. The molecule has 4 heterocycles. The summed E-state index contributed by atoms with van der Waals surface area (Å²) in [7, 11) is 1.51. The Hall–Kier alpha value is -3.41. The van der Waals surface area contributed by atoms with Gasteiger partial charge in [0, 0.05) is 22.4 Å². The molecule has 5 aromatic rings. The monoisotopic (exact) mass is 582 g/mol. The van der Waals surface area contributed by atoms with Crippen LogP contribution in [-0.4, -0.2) is 33.2 Å². The van der Waals surface area contributed by atoms with E-state index in [9.17, 15) is 14.7 Å². The molecule has 1 aliphatic rings. The van der Waals surface area contributed by atoms with Gasteiger partial charge in [0.2, 0.25) is 0 Å². The quantitative estimate of drug-likeness (QED) is 0.183. The Labute approximate surface area is 234 Å². The summed E-state index contributed by atoms with van der Waals surface area (Å²) in [6.07, 6.45) is 1.19. The molecule has 2 aromatic carbocycles. The Kier molecular flexibility index (Phi) is 7.68. The minimum Gasteiger partial charge on any atom is -0.495 e. The Bertz CT molecular complexity index is 1630. The van der Waals surface area contributed by atoms with Crippen molar-refractivity contribution in [2.24, 2.45) is 0 Å². The van der Waals surface area contributed by atoms with Gasteiger partial charge in [0.1, 0.15) is 16.8 Å². The van der Waals surface area contributed by atoms with E-state index in [0.29, 0.717) is 45.0 Å². The average molecular weight is 583 g/mol. The second-order valence-corrected chi connectivity index (χ2v) is 11.0. The molecule has 3 aromatic heterocycles. The highest BCUT2D eigenvalue weighted by Gasteiger charge is 2.48. The third-order valence-corrected chi connectivity index (χ3v) is 8.36. The predicted octanol–water partition coefficient (Wildman–Crippen LogP) is 6.37. The number of fused-ring (bicyclic) bond motifs is 1. The van der Waals surface area contributed by atoms with Gasteiger partial charge in [-0.05, 0) is 58.8 Å². The van der Waals surface area contributed by atoms with Crippen molar-refractivity contribution in [1.29, 1.82) is 0 Å². The van der Waals surface area contributed by atoms with Gasteiger partial charge in [0.25, 0.3) is 5.79 Å². The van der Waals surface area contributed by atoms with Crippen molar-refractivity contribution in [2.75, 3.05) is 7.11 Å². The number of rotatable bonds is 6. The van der Waals surface area contributed by atoms with Crippen LogP contribution >= 0.6 is 46.0 Å². The number of ether oxygens (including phenoxy) is 2. The molecule has 0 amide bonds. The molecule has 1 unspecified atom stereocenters. The molecule has 0 bridgehead atoms. The number of aldehydes is 1. The fourth-order valence-electron chi connectivity index (χ4n) is 4.03. The number of nitrogens with zero attached hydrogens (tertiary/aromatic N) is 2. The number of cyclic esters (lactones) is 1. The van der Waals surface area contributed by atoms with Crippen molar-refractivity contribution in [3.63, 3.8) is 0 Å². The molecule has 0 saturated heterocycles. The number of hydrogen-bond donors (Lipinski definition) is 1. The van der Waals surface area contributed by atoms with E-state index in [1.807, 2.05) is 29.0 Å². The van der Waals surface area contributed by atoms with Gasteiger partial charge in [-0.2, -0.15) is 8.75 Å². The first-order chi connectivity index (χ1) is 18.4. The van der Waals surface area contributed by atoms with E-state index >= 15 is 0 Å². The minimum absolute atomic E-state index is 0.309. The van der Waals surface area contributed by atoms with E-state index in [-0.39, 0.29) is 0 Å². The normalized spacial score (nSPS) is 16.8. The molecule has 0 aliphatic carbocycles. The number of benzene rings is 2. The summed E-state index contributed by atoms with van der Waals surface area (Å²) in [4.78, 5) is 24.7. The second kappa shape index (κ2) is 11.1. The summed E-state index contributed by atoms with van der Waals surface area (Å²) in [5, 5.41) is 15.8. The maximum Gasteiger partial charge on any atom is 0.342 e. The van der Waals surface area contributed by atoms with Gasteiger partial charge in [-0.1, -0.05) is 29.8 Å². The minimum atomic E-state index is -1.96. The molecular formula is C27H19ClN2O5S3. The number of carbonyl (C=O) groups excluding carboxylic acids is 2. The lowest BCUT2D eigenvalue weighted by atomic mass is 9.89. The molecule has 0 spiro atoms. The van der Waals surface area contributed by atoms with E-state index in [2.05, 4.69) is 8.75 Å². The van der Waals surface area contributed by atoms with Gasteiger partial charge in [-0.15, -0.1) is 22.7 Å². The maximum atomic E-state index is 13.1. The average Bonchev–Trinajstić information content (AvgIpc) is 3.73. The number of esters is 1. The van der Waals surface area contributed by atoms with E-state index in [4.69, 9.17) is 21.1 Å². The fourth-order valence-corrected chi connectivity index (χ4v) is 6.05. The summed E-state index contributed by atoms with van der Waals surface area (Å²) < 4.78 is 19.3. The van der Waals surface area contributed by atoms with Gasteiger partial charge in [-0.3, -0.25) is 4.79 Å². The number of hydrogen-bond acceptors (Lipinski definition) is 10. The maximum absolute atomic E-state index is 13.1. The van der Waals surface area contributed by atoms with Crippen molar-refractivity contribution in [3.8, 4) is 5.75 Å². The van der Waals surface area contributed by atoms with Crippen LogP contribution in [0.25, 0.3) is 16.6 Å². The zero-order valence-electron chi connectivity index (χ0n) is 19.8. The van der Waals surface area contributed by atoms with Crippen LogP contribution in [0.15, 0.2) is 77.0 Å². The van der Waals surface area contributed by atoms with Crippen LogP contribution in [0.1, 0.15) is 25.7 Å². The summed E-state index contributed by atoms with van der Waals surface area (Å²) in [6, 6.07) is 17.7. The van der Waals surface area contributed by atoms with Crippen molar-refractivity contribution in [2.45, 2.75) is 12.2 Å². The van der Waals surface area contributed by atoms with Crippen LogP contribution in [-0.2, 0) is 21.7 Å². The first-order valence-corrected chi connectivity index (χ1v) is 14.1. The van der Waals surface area contributed by atoms with Crippen molar-refractivity contribution < 1.29 is 24.2 Å². The van der Waals surface area contributed by atoms with Gasteiger partial charge in [-0.25, -0.2) is 4.79 Å². The molecule has 0 saturated carbocycles. The lowest BCUT2D eigenvalue weighted by Crippen LogP contribution is -2.29. The van der Waals surface area contributed by atoms with Gasteiger partial charge < -0.3 is 14.6 Å². The van der Waals surface area contributed by atoms with Crippen LogP contribution in [0.4, 0.5) is 0 Å². The number of methoxy groups -OCH3 is 1. The molecule has 1 aliphatic heterocycles. The molecule has 6 rings (SSSR count). The topological polar surface area (TPSA) is 98.6 Å². The zero-order chi connectivity index (χ0) is 26.7. The Morgan fingerprint density at radius 2 is 1.84 bits per heavy atom. The summed E-state index contributed by atoms with van der Waals surface area (Å²) in [6.45, 7) is 0. The number of thiophene rings is 2. The zero-order valence-corrected chi connectivity index (χ0v) is 23.0. The number of aromatic nitrogens is 2.